The van der Waals surface area contributed by atoms with Crippen LogP contribution in [0.5, 0.6) is 0 Å². The van der Waals surface area contributed by atoms with E-state index in [0.29, 0.717) is 47.2 Å². The van der Waals surface area contributed by atoms with E-state index in [0.717, 1.165) is 101 Å². The van der Waals surface area contributed by atoms with Crippen molar-refractivity contribution in [3.8, 4) is 0 Å². The van der Waals surface area contributed by atoms with Crippen LogP contribution < -0.4 is 0 Å². The van der Waals surface area contributed by atoms with Crippen LogP contribution in [0, 0.1) is 0 Å². The van der Waals surface area contributed by atoms with Crippen LogP contribution in [-0.4, -0.2) is 55.0 Å². The van der Waals surface area contributed by atoms with Crippen molar-refractivity contribution in [3.63, 3.8) is 0 Å². The van der Waals surface area contributed by atoms with Gasteiger partial charge in [-0.2, -0.15) is 0 Å². The lowest BCUT2D eigenvalue weighted by atomic mass is 10.0. The summed E-state index contributed by atoms with van der Waals surface area (Å²) in [5.41, 5.74) is 12.3. The smallest absolute Gasteiger partial charge is 0.337 e. The molecule has 2 fully saturated rings. The SMILES string of the molecule is COCCCc1cccc(Cn2ccc3cc(Cc4ncc(C5CC5)cc4C(=O)O)ccc32)c1.O=C(O)c1cc(C2CC2)cnc1Cc1ccc2c(ccn2Cc2cccc(Br)c2)c1. The van der Waals surface area contributed by atoms with Crippen molar-refractivity contribution >= 4 is 49.7 Å². The highest BCUT2D eigenvalue weighted by atomic mass is 79.9. The number of nitrogens with zero attached hydrogens (tertiary/aromatic N) is 4. The molecule has 2 aliphatic rings. The summed E-state index contributed by atoms with van der Waals surface area (Å²) in [7, 11) is 1.74. The van der Waals surface area contributed by atoms with Gasteiger partial charge in [0.1, 0.15) is 0 Å². The molecular formula is C54H51BrN4O5. The Morgan fingerprint density at radius 2 is 1.12 bits per heavy atom. The van der Waals surface area contributed by atoms with Crippen molar-refractivity contribution in [2.75, 3.05) is 13.7 Å². The third kappa shape index (κ3) is 10.4. The van der Waals surface area contributed by atoms with Gasteiger partial charge in [-0.05, 0) is 161 Å². The van der Waals surface area contributed by atoms with Gasteiger partial charge in [0.2, 0.25) is 0 Å². The number of carboxylic acid groups (broad SMARTS) is 2. The highest BCUT2D eigenvalue weighted by molar-refractivity contribution is 9.10. The molecule has 324 valence electrons. The minimum atomic E-state index is -0.902. The Morgan fingerprint density at radius 1 is 0.625 bits per heavy atom. The number of carboxylic acids is 2. The van der Waals surface area contributed by atoms with Crippen LogP contribution in [0.1, 0.15) is 115 Å². The summed E-state index contributed by atoms with van der Waals surface area (Å²) in [6.45, 7) is 2.40. The fourth-order valence-corrected chi connectivity index (χ4v) is 9.11. The van der Waals surface area contributed by atoms with E-state index in [9.17, 15) is 19.8 Å². The van der Waals surface area contributed by atoms with Crippen LogP contribution in [0.25, 0.3) is 21.8 Å². The number of ether oxygens (including phenoxy) is 1. The van der Waals surface area contributed by atoms with Crippen molar-refractivity contribution in [1.82, 2.24) is 19.1 Å². The number of benzene rings is 4. The van der Waals surface area contributed by atoms with Gasteiger partial charge in [0.25, 0.3) is 0 Å². The second-order valence-corrected chi connectivity index (χ2v) is 18.2. The molecule has 64 heavy (non-hydrogen) atoms. The topological polar surface area (TPSA) is 119 Å². The predicted octanol–water partition coefficient (Wildman–Crippen LogP) is 11.8. The summed E-state index contributed by atoms with van der Waals surface area (Å²) < 4.78 is 10.7. The maximum absolute atomic E-state index is 11.8. The maximum atomic E-state index is 11.8. The molecule has 4 aromatic heterocycles. The number of hydrogen-bond donors (Lipinski definition) is 2. The van der Waals surface area contributed by atoms with Gasteiger partial charge in [-0.1, -0.05) is 64.5 Å². The van der Waals surface area contributed by atoms with Crippen molar-refractivity contribution < 1.29 is 24.5 Å². The number of pyridine rings is 2. The van der Waals surface area contributed by atoms with E-state index in [1.807, 2.05) is 36.7 Å². The lowest BCUT2D eigenvalue weighted by molar-refractivity contribution is 0.0684. The molecule has 2 aliphatic carbocycles. The highest BCUT2D eigenvalue weighted by Crippen LogP contribution is 2.41. The summed E-state index contributed by atoms with van der Waals surface area (Å²) in [6, 6.07) is 37.6. The molecule has 0 radical (unpaired) electrons. The number of methoxy groups -OCH3 is 1. The molecule has 0 spiro atoms. The van der Waals surface area contributed by atoms with Crippen molar-refractivity contribution in [2.45, 2.75) is 76.3 Å². The fraction of sp³-hybridized carbons (Fsp3) is 0.259. The predicted molar refractivity (Wildman–Crippen MR) is 255 cm³/mol. The van der Waals surface area contributed by atoms with Crippen molar-refractivity contribution in [2.24, 2.45) is 0 Å². The normalized spacial score (nSPS) is 13.5. The zero-order valence-electron chi connectivity index (χ0n) is 35.9. The second kappa shape index (κ2) is 19.2. The molecule has 0 bridgehead atoms. The molecule has 0 amide bonds. The molecule has 8 aromatic rings. The number of aromatic carboxylic acids is 2. The van der Waals surface area contributed by atoms with Crippen molar-refractivity contribution in [3.05, 3.63) is 200 Å². The average Bonchev–Trinajstić information content (AvgIpc) is 4.24. The first kappa shape index (κ1) is 42.9. The molecule has 0 saturated heterocycles. The molecule has 4 heterocycles. The van der Waals surface area contributed by atoms with Gasteiger partial charge >= 0.3 is 11.9 Å². The maximum Gasteiger partial charge on any atom is 0.337 e. The quantitative estimate of drug-likeness (QED) is 0.0926. The Kier molecular flexibility index (Phi) is 12.9. The zero-order chi connectivity index (χ0) is 44.2. The van der Waals surface area contributed by atoms with E-state index in [1.54, 1.807) is 7.11 Å². The first-order valence-corrected chi connectivity index (χ1v) is 22.9. The highest BCUT2D eigenvalue weighted by Gasteiger charge is 2.27. The van der Waals surface area contributed by atoms with E-state index in [1.165, 1.54) is 22.2 Å². The molecule has 0 atom stereocenters. The Hall–Kier alpha value is -6.36. The summed E-state index contributed by atoms with van der Waals surface area (Å²) in [4.78, 5) is 32.7. The number of carbonyl (C=O) groups is 2. The molecule has 2 N–H and O–H groups in total. The summed E-state index contributed by atoms with van der Waals surface area (Å²) in [5, 5.41) is 21.7. The number of aryl methyl sites for hydroxylation is 1. The van der Waals surface area contributed by atoms with E-state index < -0.39 is 11.9 Å². The van der Waals surface area contributed by atoms with Gasteiger partial charge in [0, 0.05) is 79.9 Å². The Morgan fingerprint density at radius 3 is 1.61 bits per heavy atom. The van der Waals surface area contributed by atoms with Crippen LogP contribution in [0.15, 0.2) is 138 Å². The number of aromatic nitrogens is 4. The van der Waals surface area contributed by atoms with Crippen LogP contribution in [0.4, 0.5) is 0 Å². The Balaban J connectivity index is 0.000000163. The van der Waals surface area contributed by atoms with Crippen LogP contribution in [0.2, 0.25) is 0 Å². The van der Waals surface area contributed by atoms with Gasteiger partial charge in [-0.15, -0.1) is 0 Å². The zero-order valence-corrected chi connectivity index (χ0v) is 37.5. The van der Waals surface area contributed by atoms with Gasteiger partial charge in [-0.3, -0.25) is 9.97 Å². The van der Waals surface area contributed by atoms with E-state index in [2.05, 4.69) is 132 Å². The minimum absolute atomic E-state index is 0.326. The van der Waals surface area contributed by atoms with E-state index >= 15 is 0 Å². The van der Waals surface area contributed by atoms with Crippen LogP contribution in [0.3, 0.4) is 0 Å². The number of rotatable bonds is 16. The van der Waals surface area contributed by atoms with Crippen molar-refractivity contribution in [1.29, 1.82) is 0 Å². The summed E-state index contributed by atoms with van der Waals surface area (Å²) in [6.07, 6.45) is 15.5. The summed E-state index contributed by atoms with van der Waals surface area (Å²) in [5.74, 6) is -0.823. The number of hydrogen-bond acceptors (Lipinski definition) is 5. The Bertz CT molecular complexity index is 2980. The standard InChI is InChI=1S/C29H30N2O3.C25H21BrN2O2/c1-34-13-3-6-20-4-2-5-22(14-20)19-31-12-11-24-15-21(7-10-28(24)31)16-27-26(29(32)33)17-25(18-30-27)23-8-9-23;26-21-3-1-2-17(11-21)15-28-9-8-19-10-16(4-7-24(19)28)12-23-22(25(29)30)13-20(14-27-23)18-5-6-18/h2,4-5,7,10-12,14-15,17-18,23H,3,6,8-9,13,16,19H2,1H3,(H,32,33);1-4,7-11,13-14,18H,5-6,12,15H2,(H,29,30). The molecule has 0 unspecified atom stereocenters. The molecular weight excluding hydrogens is 865 g/mol. The molecule has 9 nitrogen and oxygen atoms in total. The number of fused-ring (bicyclic) bond motifs is 2. The second-order valence-electron chi connectivity index (χ2n) is 17.3. The lowest BCUT2D eigenvalue weighted by Crippen LogP contribution is -2.07. The van der Waals surface area contributed by atoms with Crippen LogP contribution in [-0.2, 0) is 37.1 Å². The minimum Gasteiger partial charge on any atom is -0.478 e. The largest absolute Gasteiger partial charge is 0.478 e. The molecule has 10 heteroatoms. The van der Waals surface area contributed by atoms with Gasteiger partial charge in [0.05, 0.1) is 22.5 Å². The third-order valence-electron chi connectivity index (χ3n) is 12.4. The molecule has 4 aromatic carbocycles. The first-order valence-electron chi connectivity index (χ1n) is 22.1. The van der Waals surface area contributed by atoms with Gasteiger partial charge in [0.15, 0.2) is 0 Å². The Labute approximate surface area is 381 Å². The molecule has 0 aliphatic heterocycles. The van der Waals surface area contributed by atoms with Crippen LogP contribution >= 0.6 is 15.9 Å². The van der Waals surface area contributed by atoms with E-state index in [4.69, 9.17) is 4.74 Å². The third-order valence-corrected chi connectivity index (χ3v) is 12.8. The first-order chi connectivity index (χ1) is 31.2. The molecule has 10 rings (SSSR count). The average molecular weight is 916 g/mol. The van der Waals surface area contributed by atoms with Gasteiger partial charge in [-0.25, -0.2) is 9.59 Å². The monoisotopic (exact) mass is 914 g/mol. The molecule has 2 saturated carbocycles. The van der Waals surface area contributed by atoms with Gasteiger partial charge < -0.3 is 24.1 Å². The van der Waals surface area contributed by atoms with E-state index in [-0.39, 0.29) is 0 Å². The lowest BCUT2D eigenvalue weighted by Gasteiger charge is -2.10. The fourth-order valence-electron chi connectivity index (χ4n) is 8.66. The summed E-state index contributed by atoms with van der Waals surface area (Å²) >= 11 is 3.53. The number of halogens is 1.